The Bertz CT molecular complexity index is 981. The summed E-state index contributed by atoms with van der Waals surface area (Å²) in [7, 11) is -3.70. The van der Waals surface area contributed by atoms with E-state index in [1.807, 2.05) is 55.5 Å². The number of ether oxygens (including phenoxy) is 1. The molecule has 0 aliphatic carbocycles. The van der Waals surface area contributed by atoms with Crippen LogP contribution in [0.15, 0.2) is 84.0 Å². The zero-order chi connectivity index (χ0) is 22.3. The van der Waals surface area contributed by atoms with E-state index in [0.29, 0.717) is 24.3 Å². The predicted octanol–water partition coefficient (Wildman–Crippen LogP) is 5.65. The van der Waals surface area contributed by atoms with E-state index in [1.165, 1.54) is 0 Å². The smallest absolute Gasteiger partial charge is 0.244 e. The van der Waals surface area contributed by atoms with Gasteiger partial charge in [-0.25, -0.2) is 8.42 Å². The topological polar surface area (TPSA) is 46.6 Å². The third kappa shape index (κ3) is 5.86. The summed E-state index contributed by atoms with van der Waals surface area (Å²) in [6.07, 6.45) is 8.03. The molecule has 0 unspecified atom stereocenters. The van der Waals surface area contributed by atoms with Crippen LogP contribution in [0.2, 0.25) is 0 Å². The van der Waals surface area contributed by atoms with Gasteiger partial charge in [-0.15, -0.1) is 6.58 Å². The molecule has 2 aromatic rings. The molecular weight excluding hydrogens is 406 g/mol. The minimum absolute atomic E-state index is 0.247. The molecule has 1 aliphatic heterocycles. The van der Waals surface area contributed by atoms with E-state index in [0.717, 1.165) is 36.1 Å². The van der Waals surface area contributed by atoms with Crippen molar-refractivity contribution in [2.24, 2.45) is 0 Å². The van der Waals surface area contributed by atoms with Crippen molar-refractivity contribution in [3.05, 3.63) is 90.2 Å². The molecule has 5 heteroatoms. The summed E-state index contributed by atoms with van der Waals surface area (Å²) in [5.74, 6) is 0.859. The summed E-state index contributed by atoms with van der Waals surface area (Å²) in [4.78, 5) is 0.309. The van der Waals surface area contributed by atoms with Crippen LogP contribution in [0, 0.1) is 6.92 Å². The lowest BCUT2D eigenvalue weighted by Crippen LogP contribution is -2.49. The normalized spacial score (nSPS) is 19.6. The highest BCUT2D eigenvalue weighted by Gasteiger charge is 2.39. The Morgan fingerprint density at radius 3 is 2.45 bits per heavy atom. The van der Waals surface area contributed by atoms with E-state index in [1.54, 1.807) is 22.5 Å². The maximum absolute atomic E-state index is 13.7. The van der Waals surface area contributed by atoms with Crippen molar-refractivity contribution in [1.82, 2.24) is 4.31 Å². The molecule has 3 rings (SSSR count). The minimum atomic E-state index is -3.70. The van der Waals surface area contributed by atoms with Crippen LogP contribution in [0.3, 0.4) is 0 Å². The van der Waals surface area contributed by atoms with Gasteiger partial charge in [-0.2, -0.15) is 4.31 Å². The summed E-state index contributed by atoms with van der Waals surface area (Å²) < 4.78 is 35.0. The lowest BCUT2D eigenvalue weighted by atomic mass is 9.97. The number of hydrogen-bond acceptors (Lipinski definition) is 3. The number of sulfonamides is 1. The zero-order valence-electron chi connectivity index (χ0n) is 18.5. The lowest BCUT2D eigenvalue weighted by Gasteiger charge is -2.38. The van der Waals surface area contributed by atoms with E-state index in [4.69, 9.17) is 4.74 Å². The summed E-state index contributed by atoms with van der Waals surface area (Å²) in [5, 5.41) is 0. The molecule has 0 amide bonds. The number of aryl methyl sites for hydroxylation is 1. The van der Waals surface area contributed by atoms with E-state index in [9.17, 15) is 8.42 Å². The van der Waals surface area contributed by atoms with E-state index < -0.39 is 16.1 Å². The van der Waals surface area contributed by atoms with Crippen molar-refractivity contribution in [1.29, 1.82) is 0 Å². The molecule has 166 valence electrons. The molecule has 1 aliphatic rings. The first-order valence-electron chi connectivity index (χ1n) is 11.1. The Hall–Kier alpha value is -2.37. The van der Waals surface area contributed by atoms with Gasteiger partial charge in [0, 0.05) is 12.5 Å². The van der Waals surface area contributed by atoms with E-state index in [-0.39, 0.29) is 6.04 Å². The number of benzene rings is 2. The van der Waals surface area contributed by atoms with Crippen LogP contribution in [0.1, 0.15) is 43.7 Å². The number of rotatable bonds is 10. The highest BCUT2D eigenvalue weighted by atomic mass is 32.2. The van der Waals surface area contributed by atoms with Crippen LogP contribution in [0.5, 0.6) is 0 Å². The SMILES string of the molecule is C=C[C@@H]1C=C(OCCCCC)C[C@@H](Cc2ccccc2)N1S(=O)(=O)c1ccc(C)cc1. The molecule has 0 spiro atoms. The molecule has 2 atom stereocenters. The van der Waals surface area contributed by atoms with Gasteiger partial charge in [-0.05, 0) is 43.5 Å². The van der Waals surface area contributed by atoms with Crippen LogP contribution >= 0.6 is 0 Å². The molecule has 31 heavy (non-hydrogen) atoms. The highest BCUT2D eigenvalue weighted by molar-refractivity contribution is 7.89. The Morgan fingerprint density at radius 2 is 1.81 bits per heavy atom. The van der Waals surface area contributed by atoms with Crippen LogP contribution in [-0.4, -0.2) is 31.4 Å². The highest BCUT2D eigenvalue weighted by Crippen LogP contribution is 2.32. The largest absolute Gasteiger partial charge is 0.498 e. The molecule has 0 N–H and O–H groups in total. The third-order valence-corrected chi connectivity index (χ3v) is 7.60. The average molecular weight is 440 g/mol. The second-order valence-electron chi connectivity index (χ2n) is 8.11. The van der Waals surface area contributed by atoms with Crippen molar-refractivity contribution >= 4 is 10.0 Å². The molecule has 2 aromatic carbocycles. The van der Waals surface area contributed by atoms with Crippen LogP contribution in [-0.2, 0) is 21.2 Å². The molecule has 0 aromatic heterocycles. The van der Waals surface area contributed by atoms with Crippen molar-refractivity contribution in [2.75, 3.05) is 6.61 Å². The van der Waals surface area contributed by atoms with Gasteiger partial charge in [0.05, 0.1) is 23.3 Å². The predicted molar refractivity (Wildman–Crippen MR) is 126 cm³/mol. The molecule has 4 nitrogen and oxygen atoms in total. The zero-order valence-corrected chi connectivity index (χ0v) is 19.4. The molecule has 0 saturated heterocycles. The maximum atomic E-state index is 13.7. The quantitative estimate of drug-likeness (QED) is 0.355. The molecule has 1 heterocycles. The third-order valence-electron chi connectivity index (χ3n) is 5.63. The number of unbranched alkanes of at least 4 members (excludes halogenated alkanes) is 2. The van der Waals surface area contributed by atoms with Crippen molar-refractivity contribution in [2.45, 2.75) is 62.9 Å². The maximum Gasteiger partial charge on any atom is 0.244 e. The Labute approximate surface area is 187 Å². The second kappa shape index (κ2) is 10.8. The Kier molecular flexibility index (Phi) is 8.10. The summed E-state index contributed by atoms with van der Waals surface area (Å²) in [5.41, 5.74) is 2.13. The molecule has 0 fully saturated rings. The Balaban J connectivity index is 1.94. The van der Waals surface area contributed by atoms with Gasteiger partial charge >= 0.3 is 0 Å². The first-order valence-corrected chi connectivity index (χ1v) is 12.5. The van der Waals surface area contributed by atoms with Crippen molar-refractivity contribution in [3.8, 4) is 0 Å². The summed E-state index contributed by atoms with van der Waals surface area (Å²) in [6.45, 7) is 8.71. The first-order chi connectivity index (χ1) is 15.0. The van der Waals surface area contributed by atoms with Gasteiger partial charge in [0.25, 0.3) is 0 Å². The fourth-order valence-electron chi connectivity index (χ4n) is 3.97. The first kappa shape index (κ1) is 23.3. The van der Waals surface area contributed by atoms with E-state index >= 15 is 0 Å². The summed E-state index contributed by atoms with van der Waals surface area (Å²) in [6, 6.07) is 16.4. The van der Waals surface area contributed by atoms with Crippen molar-refractivity contribution < 1.29 is 13.2 Å². The molecule has 0 saturated carbocycles. The number of hydrogen-bond donors (Lipinski definition) is 0. The minimum Gasteiger partial charge on any atom is -0.498 e. The van der Waals surface area contributed by atoms with Crippen LogP contribution < -0.4 is 0 Å². The van der Waals surface area contributed by atoms with Crippen LogP contribution in [0.4, 0.5) is 0 Å². The monoisotopic (exact) mass is 439 g/mol. The van der Waals surface area contributed by atoms with Gasteiger partial charge in [0.1, 0.15) is 0 Å². The molecule has 0 bridgehead atoms. The van der Waals surface area contributed by atoms with E-state index in [2.05, 4.69) is 13.5 Å². The van der Waals surface area contributed by atoms with Gasteiger partial charge in [-0.3, -0.25) is 0 Å². The average Bonchev–Trinajstić information content (AvgIpc) is 2.77. The second-order valence-corrected chi connectivity index (χ2v) is 9.95. The van der Waals surface area contributed by atoms with Gasteiger partial charge in [0.2, 0.25) is 10.0 Å². The fraction of sp³-hybridized carbons (Fsp3) is 0.385. The van der Waals surface area contributed by atoms with Gasteiger partial charge < -0.3 is 4.74 Å². The summed E-state index contributed by atoms with van der Waals surface area (Å²) >= 11 is 0. The van der Waals surface area contributed by atoms with Crippen LogP contribution in [0.25, 0.3) is 0 Å². The number of nitrogens with zero attached hydrogens (tertiary/aromatic N) is 1. The van der Waals surface area contributed by atoms with Gasteiger partial charge in [-0.1, -0.05) is 73.9 Å². The molecular formula is C26H33NO3S. The standard InChI is InChI=1S/C26H33NO3S/c1-4-6-10-17-30-25-19-23(5-2)27(24(20-25)18-22-11-8-7-9-12-22)31(28,29)26-15-13-21(3)14-16-26/h5,7-9,11-16,19,23-24H,2,4,6,10,17-18,20H2,1,3H3/t23-,24-/m1/s1. The van der Waals surface area contributed by atoms with Gasteiger partial charge in [0.15, 0.2) is 0 Å². The molecule has 0 radical (unpaired) electrons. The Morgan fingerprint density at radius 1 is 1.10 bits per heavy atom. The van der Waals surface area contributed by atoms with Crippen molar-refractivity contribution in [3.63, 3.8) is 0 Å². The lowest BCUT2D eigenvalue weighted by molar-refractivity contribution is 0.158. The fourth-order valence-corrected chi connectivity index (χ4v) is 5.70.